The third-order valence-electron chi connectivity index (χ3n) is 2.68. The number of carbonyl (C=O) groups excluding carboxylic acids is 1. The van der Waals surface area contributed by atoms with Crippen molar-refractivity contribution in [2.24, 2.45) is 0 Å². The lowest BCUT2D eigenvalue weighted by molar-refractivity contribution is 0.0508. The van der Waals surface area contributed by atoms with Gasteiger partial charge in [0.05, 0.1) is 26.9 Å². The van der Waals surface area contributed by atoms with Crippen molar-refractivity contribution in [2.45, 2.75) is 0 Å². The molecule has 118 valence electrons. The lowest BCUT2D eigenvalue weighted by Crippen LogP contribution is -2.23. The Hall–Kier alpha value is -1.66. The van der Waals surface area contributed by atoms with E-state index in [0.717, 1.165) is 0 Å². The van der Waals surface area contributed by atoms with E-state index in [1.165, 1.54) is 21.3 Å². The summed E-state index contributed by atoms with van der Waals surface area (Å²) in [6, 6.07) is 3.10. The van der Waals surface area contributed by atoms with Gasteiger partial charge in [0.25, 0.3) is 0 Å². The highest BCUT2D eigenvalue weighted by Crippen LogP contribution is 2.38. The highest BCUT2D eigenvalue weighted by atomic mass is 35.5. The Bertz CT molecular complexity index is 442. The van der Waals surface area contributed by atoms with Gasteiger partial charge in [-0.1, -0.05) is 0 Å². The molecule has 0 aliphatic rings. The van der Waals surface area contributed by atoms with E-state index in [-0.39, 0.29) is 6.61 Å². The molecule has 1 N–H and O–H groups in total. The first-order valence-corrected chi connectivity index (χ1v) is 6.95. The Kier molecular flexibility index (Phi) is 7.71. The first-order chi connectivity index (χ1) is 10.2. The Morgan fingerprint density at radius 2 is 1.71 bits per heavy atom. The van der Waals surface area contributed by atoms with Crippen molar-refractivity contribution in [1.82, 2.24) is 5.32 Å². The molecule has 1 aromatic rings. The molecule has 1 rings (SSSR count). The van der Waals surface area contributed by atoms with E-state index in [1.54, 1.807) is 12.1 Å². The van der Waals surface area contributed by atoms with Crippen molar-refractivity contribution in [3.05, 3.63) is 17.7 Å². The van der Waals surface area contributed by atoms with Gasteiger partial charge in [0.2, 0.25) is 5.75 Å². The average Bonchev–Trinajstić information content (AvgIpc) is 2.52. The number of alkyl halides is 1. The van der Waals surface area contributed by atoms with Gasteiger partial charge in [-0.15, -0.1) is 11.6 Å². The topological polar surface area (TPSA) is 66.0 Å². The quantitative estimate of drug-likeness (QED) is 0.425. The second-order valence-electron chi connectivity index (χ2n) is 3.99. The molecular weight excluding hydrogens is 298 g/mol. The molecule has 0 aliphatic carbocycles. The van der Waals surface area contributed by atoms with Gasteiger partial charge >= 0.3 is 5.97 Å². The summed E-state index contributed by atoms with van der Waals surface area (Å²) in [7, 11) is 4.48. The maximum Gasteiger partial charge on any atom is 0.338 e. The van der Waals surface area contributed by atoms with Crippen molar-refractivity contribution in [1.29, 1.82) is 0 Å². The largest absolute Gasteiger partial charge is 0.493 e. The molecule has 0 aromatic heterocycles. The summed E-state index contributed by atoms with van der Waals surface area (Å²) in [4.78, 5) is 12.0. The summed E-state index contributed by atoms with van der Waals surface area (Å²) < 4.78 is 20.7. The smallest absolute Gasteiger partial charge is 0.338 e. The van der Waals surface area contributed by atoms with Gasteiger partial charge < -0.3 is 24.3 Å². The molecule has 0 aliphatic heterocycles. The van der Waals surface area contributed by atoms with E-state index in [1.807, 2.05) is 0 Å². The summed E-state index contributed by atoms with van der Waals surface area (Å²) in [5.41, 5.74) is 0.335. The number of carbonyl (C=O) groups is 1. The van der Waals surface area contributed by atoms with E-state index in [2.05, 4.69) is 5.32 Å². The molecule has 1 aromatic carbocycles. The maximum atomic E-state index is 12.0. The summed E-state index contributed by atoms with van der Waals surface area (Å²) in [6.45, 7) is 1.47. The summed E-state index contributed by atoms with van der Waals surface area (Å²) in [5, 5.41) is 3.03. The number of ether oxygens (including phenoxy) is 4. The maximum absolute atomic E-state index is 12.0. The molecule has 0 saturated carbocycles. The Morgan fingerprint density at radius 3 is 2.19 bits per heavy atom. The molecular formula is C14H20ClNO5. The average molecular weight is 318 g/mol. The van der Waals surface area contributed by atoms with Gasteiger partial charge in [-0.25, -0.2) is 4.79 Å². The number of rotatable bonds is 9. The number of hydrogen-bond acceptors (Lipinski definition) is 6. The summed E-state index contributed by atoms with van der Waals surface area (Å²) in [5.74, 6) is 1.30. The summed E-state index contributed by atoms with van der Waals surface area (Å²) >= 11 is 5.52. The van der Waals surface area contributed by atoms with Gasteiger partial charge in [0, 0.05) is 19.0 Å². The van der Waals surface area contributed by atoms with Crippen LogP contribution in [-0.2, 0) is 4.74 Å². The molecule has 0 fully saturated rings. The van der Waals surface area contributed by atoms with Crippen LogP contribution in [0, 0.1) is 0 Å². The van der Waals surface area contributed by atoms with Crippen LogP contribution in [0.3, 0.4) is 0 Å². The SMILES string of the molecule is COc1cc(C(=O)OCCNCCCl)cc(OC)c1OC. The van der Waals surface area contributed by atoms with Crippen LogP contribution < -0.4 is 19.5 Å². The van der Waals surface area contributed by atoms with E-state index in [9.17, 15) is 4.79 Å². The fourth-order valence-electron chi connectivity index (χ4n) is 1.69. The van der Waals surface area contributed by atoms with Gasteiger partial charge in [-0.2, -0.15) is 0 Å². The molecule has 0 heterocycles. The molecule has 0 bridgehead atoms. The van der Waals surface area contributed by atoms with E-state index < -0.39 is 5.97 Å². The first kappa shape index (κ1) is 17.4. The van der Waals surface area contributed by atoms with Crippen LogP contribution in [0.5, 0.6) is 17.2 Å². The molecule has 6 nitrogen and oxygen atoms in total. The number of methoxy groups -OCH3 is 3. The molecule has 0 radical (unpaired) electrons. The van der Waals surface area contributed by atoms with E-state index in [0.29, 0.717) is 41.8 Å². The van der Waals surface area contributed by atoms with Crippen LogP contribution in [0.2, 0.25) is 0 Å². The molecule has 21 heavy (non-hydrogen) atoms. The van der Waals surface area contributed by atoms with Crippen LogP contribution in [0.4, 0.5) is 0 Å². The molecule has 0 unspecified atom stereocenters. The number of esters is 1. The Morgan fingerprint density at radius 1 is 1.10 bits per heavy atom. The normalized spacial score (nSPS) is 10.1. The van der Waals surface area contributed by atoms with E-state index >= 15 is 0 Å². The van der Waals surface area contributed by atoms with Gasteiger partial charge in [0.1, 0.15) is 6.61 Å². The Balaban J connectivity index is 2.75. The highest BCUT2D eigenvalue weighted by Gasteiger charge is 2.17. The lowest BCUT2D eigenvalue weighted by Gasteiger charge is -2.13. The molecule has 0 saturated heterocycles. The van der Waals surface area contributed by atoms with Crippen LogP contribution in [-0.4, -0.2) is 52.9 Å². The minimum Gasteiger partial charge on any atom is -0.493 e. The third kappa shape index (κ3) is 4.99. The predicted molar refractivity (Wildman–Crippen MR) is 80.0 cm³/mol. The fraction of sp³-hybridized carbons (Fsp3) is 0.500. The number of halogens is 1. The van der Waals surface area contributed by atoms with Crippen molar-refractivity contribution in [3.63, 3.8) is 0 Å². The predicted octanol–water partition coefficient (Wildman–Crippen LogP) is 1.70. The first-order valence-electron chi connectivity index (χ1n) is 6.41. The zero-order chi connectivity index (χ0) is 15.7. The van der Waals surface area contributed by atoms with Crippen molar-refractivity contribution in [3.8, 4) is 17.2 Å². The van der Waals surface area contributed by atoms with Gasteiger partial charge in [-0.3, -0.25) is 0 Å². The second-order valence-corrected chi connectivity index (χ2v) is 4.37. The molecule has 0 atom stereocenters. The zero-order valence-corrected chi connectivity index (χ0v) is 13.2. The number of nitrogens with one attached hydrogen (secondary N) is 1. The van der Waals surface area contributed by atoms with Gasteiger partial charge in [-0.05, 0) is 12.1 Å². The minimum atomic E-state index is -0.457. The summed E-state index contributed by atoms with van der Waals surface area (Å²) in [6.07, 6.45) is 0. The van der Waals surface area contributed by atoms with Gasteiger partial charge in [0.15, 0.2) is 11.5 Å². The lowest BCUT2D eigenvalue weighted by atomic mass is 10.2. The van der Waals surface area contributed by atoms with Crippen molar-refractivity contribution >= 4 is 17.6 Å². The van der Waals surface area contributed by atoms with Crippen LogP contribution in [0.1, 0.15) is 10.4 Å². The zero-order valence-electron chi connectivity index (χ0n) is 12.4. The highest BCUT2D eigenvalue weighted by molar-refractivity contribution is 6.18. The number of benzene rings is 1. The standard InChI is InChI=1S/C14H20ClNO5/c1-18-11-8-10(9-12(19-2)13(11)20-3)14(17)21-7-6-16-5-4-15/h8-9,16H,4-7H2,1-3H3. The molecule has 0 amide bonds. The van der Waals surface area contributed by atoms with E-state index in [4.69, 9.17) is 30.5 Å². The molecule has 7 heteroatoms. The van der Waals surface area contributed by atoms with Crippen molar-refractivity contribution in [2.75, 3.05) is 46.9 Å². The van der Waals surface area contributed by atoms with Crippen molar-refractivity contribution < 1.29 is 23.7 Å². The third-order valence-corrected chi connectivity index (χ3v) is 2.87. The van der Waals surface area contributed by atoms with Crippen LogP contribution >= 0.6 is 11.6 Å². The number of hydrogen-bond donors (Lipinski definition) is 1. The fourth-order valence-corrected chi connectivity index (χ4v) is 1.82. The molecule has 0 spiro atoms. The van der Waals surface area contributed by atoms with Crippen LogP contribution in [0.25, 0.3) is 0 Å². The monoisotopic (exact) mass is 317 g/mol. The minimum absolute atomic E-state index is 0.256. The Labute approximate surface area is 129 Å². The van der Waals surface area contributed by atoms with Crippen LogP contribution in [0.15, 0.2) is 12.1 Å². The second kappa shape index (κ2) is 9.31.